The van der Waals surface area contributed by atoms with E-state index >= 15 is 0 Å². The van der Waals surface area contributed by atoms with Gasteiger partial charge in [-0.15, -0.1) is 0 Å². The first-order chi connectivity index (χ1) is 13.7. The third-order valence-corrected chi connectivity index (χ3v) is 5.74. The number of likely N-dealkylation sites (tertiary alicyclic amines) is 1. The van der Waals surface area contributed by atoms with E-state index in [-0.39, 0.29) is 17.9 Å². The molecule has 0 bridgehead atoms. The van der Waals surface area contributed by atoms with E-state index in [9.17, 15) is 9.59 Å². The molecule has 2 aromatic rings. The zero-order valence-corrected chi connectivity index (χ0v) is 17.2. The molecular formula is C23H28N2O2S. The molecule has 3 rings (SSSR count). The summed E-state index contributed by atoms with van der Waals surface area (Å²) in [6, 6.07) is 18.1. The van der Waals surface area contributed by atoms with Crippen LogP contribution in [0.15, 0.2) is 54.6 Å². The maximum Gasteiger partial charge on any atom is 0.253 e. The van der Waals surface area contributed by atoms with E-state index in [1.54, 1.807) is 11.8 Å². The molecule has 5 heteroatoms. The molecule has 4 nitrogen and oxygen atoms in total. The second kappa shape index (κ2) is 10.3. The fourth-order valence-corrected chi connectivity index (χ4v) is 4.09. The van der Waals surface area contributed by atoms with Crippen molar-refractivity contribution in [2.75, 3.05) is 19.3 Å². The molecule has 1 aliphatic rings. The number of hydrogen-bond acceptors (Lipinski definition) is 3. The quantitative estimate of drug-likeness (QED) is 0.772. The van der Waals surface area contributed by atoms with Gasteiger partial charge < -0.3 is 10.2 Å². The van der Waals surface area contributed by atoms with Crippen molar-refractivity contribution in [2.24, 2.45) is 0 Å². The predicted octanol–water partition coefficient (Wildman–Crippen LogP) is 3.90. The number of benzene rings is 2. The first-order valence-electron chi connectivity index (χ1n) is 9.86. The molecular weight excluding hydrogens is 368 g/mol. The van der Waals surface area contributed by atoms with Crippen LogP contribution in [0.4, 0.5) is 0 Å². The Morgan fingerprint density at radius 2 is 1.75 bits per heavy atom. The van der Waals surface area contributed by atoms with Crippen LogP contribution in [0.1, 0.15) is 40.7 Å². The summed E-state index contributed by atoms with van der Waals surface area (Å²) in [6.07, 6.45) is 4.95. The number of piperidine rings is 1. The van der Waals surface area contributed by atoms with Crippen LogP contribution in [-0.2, 0) is 17.0 Å². The number of nitrogens with zero attached hydrogens (tertiary/aromatic N) is 1. The summed E-state index contributed by atoms with van der Waals surface area (Å²) in [5, 5.41) is 3.13. The Hall–Kier alpha value is -2.27. The summed E-state index contributed by atoms with van der Waals surface area (Å²) >= 11 is 1.75. The molecule has 1 saturated heterocycles. The minimum absolute atomic E-state index is 0.0943. The monoisotopic (exact) mass is 396 g/mol. The zero-order valence-electron chi connectivity index (χ0n) is 16.4. The number of hydrogen-bond donors (Lipinski definition) is 1. The topological polar surface area (TPSA) is 49.4 Å². The van der Waals surface area contributed by atoms with Crippen molar-refractivity contribution < 1.29 is 9.59 Å². The van der Waals surface area contributed by atoms with Gasteiger partial charge in [0, 0.05) is 36.9 Å². The van der Waals surface area contributed by atoms with Crippen LogP contribution in [0.25, 0.3) is 0 Å². The third-order valence-electron chi connectivity index (χ3n) is 5.12. The van der Waals surface area contributed by atoms with Crippen molar-refractivity contribution in [3.8, 4) is 0 Å². The summed E-state index contributed by atoms with van der Waals surface area (Å²) in [5.41, 5.74) is 3.12. The smallest absolute Gasteiger partial charge is 0.253 e. The molecule has 148 valence electrons. The molecule has 0 saturated carbocycles. The Bertz CT molecular complexity index is 786. The highest BCUT2D eigenvalue weighted by atomic mass is 32.2. The number of nitrogens with one attached hydrogen (secondary N) is 1. The van der Waals surface area contributed by atoms with Gasteiger partial charge in [0.05, 0.1) is 0 Å². The van der Waals surface area contributed by atoms with Crippen molar-refractivity contribution in [1.82, 2.24) is 10.2 Å². The number of carbonyl (C=O) groups excluding carboxylic acids is 2. The predicted molar refractivity (Wildman–Crippen MR) is 115 cm³/mol. The van der Waals surface area contributed by atoms with Gasteiger partial charge >= 0.3 is 0 Å². The van der Waals surface area contributed by atoms with Gasteiger partial charge in [-0.05, 0) is 48.8 Å². The normalized spacial score (nSPS) is 14.7. The molecule has 0 unspecified atom stereocenters. The van der Waals surface area contributed by atoms with Gasteiger partial charge in [-0.1, -0.05) is 42.5 Å². The Morgan fingerprint density at radius 3 is 2.46 bits per heavy atom. The molecule has 0 aromatic heterocycles. The fraction of sp³-hybridized carbons (Fsp3) is 0.391. The molecule has 0 spiro atoms. The highest BCUT2D eigenvalue weighted by Gasteiger charge is 2.24. The average Bonchev–Trinajstić information content (AvgIpc) is 2.73. The summed E-state index contributed by atoms with van der Waals surface area (Å²) in [5.74, 6) is 1.10. The second-order valence-corrected chi connectivity index (χ2v) is 8.12. The SMILES string of the molecule is CSCc1cccc(C(=O)N2CCC(NC(=O)CCc3ccccc3)CC2)c1. The fourth-order valence-electron chi connectivity index (χ4n) is 3.57. The van der Waals surface area contributed by atoms with E-state index in [2.05, 4.69) is 17.6 Å². The standard InChI is InChI=1S/C23H28N2O2S/c1-28-17-19-8-5-9-20(16-19)23(27)25-14-12-21(13-15-25)24-22(26)11-10-18-6-3-2-4-7-18/h2-9,16,21H,10-15,17H2,1H3,(H,24,26). The van der Waals surface area contributed by atoms with Crippen LogP contribution in [0.5, 0.6) is 0 Å². The van der Waals surface area contributed by atoms with E-state index in [1.807, 2.05) is 53.4 Å². The molecule has 1 heterocycles. The first-order valence-corrected chi connectivity index (χ1v) is 11.3. The molecule has 0 atom stereocenters. The maximum absolute atomic E-state index is 12.8. The molecule has 2 aromatic carbocycles. The van der Waals surface area contributed by atoms with E-state index < -0.39 is 0 Å². The Labute approximate surface area is 171 Å². The number of rotatable bonds is 7. The maximum atomic E-state index is 12.8. The molecule has 0 aliphatic carbocycles. The van der Waals surface area contributed by atoms with E-state index in [4.69, 9.17) is 0 Å². The number of amides is 2. The van der Waals surface area contributed by atoms with Gasteiger partial charge in [-0.25, -0.2) is 0 Å². The van der Waals surface area contributed by atoms with Gasteiger partial charge in [0.15, 0.2) is 0 Å². The number of carbonyl (C=O) groups is 2. The molecule has 1 aliphatic heterocycles. The number of thioether (sulfide) groups is 1. The van der Waals surface area contributed by atoms with Gasteiger partial charge in [0.25, 0.3) is 5.91 Å². The van der Waals surface area contributed by atoms with Crippen molar-refractivity contribution in [3.05, 3.63) is 71.3 Å². The minimum atomic E-state index is 0.0943. The average molecular weight is 397 g/mol. The van der Waals surface area contributed by atoms with Gasteiger partial charge in [-0.2, -0.15) is 11.8 Å². The van der Waals surface area contributed by atoms with E-state index in [0.717, 1.165) is 30.6 Å². The Morgan fingerprint density at radius 1 is 1.04 bits per heavy atom. The lowest BCUT2D eigenvalue weighted by atomic mass is 10.0. The van der Waals surface area contributed by atoms with Crippen LogP contribution in [0.2, 0.25) is 0 Å². The molecule has 1 N–H and O–H groups in total. The molecule has 1 fully saturated rings. The second-order valence-electron chi connectivity index (χ2n) is 7.25. The molecule has 0 radical (unpaired) electrons. The Balaban J connectivity index is 1.44. The lowest BCUT2D eigenvalue weighted by Gasteiger charge is -2.32. The van der Waals surface area contributed by atoms with Gasteiger partial charge in [-0.3, -0.25) is 9.59 Å². The van der Waals surface area contributed by atoms with Crippen molar-refractivity contribution in [1.29, 1.82) is 0 Å². The van der Waals surface area contributed by atoms with Crippen LogP contribution in [0.3, 0.4) is 0 Å². The van der Waals surface area contributed by atoms with Crippen LogP contribution < -0.4 is 5.32 Å². The minimum Gasteiger partial charge on any atom is -0.353 e. The van der Waals surface area contributed by atoms with E-state index in [1.165, 1.54) is 11.1 Å². The van der Waals surface area contributed by atoms with Gasteiger partial charge in [0.1, 0.15) is 0 Å². The zero-order chi connectivity index (χ0) is 19.8. The molecule has 2 amide bonds. The summed E-state index contributed by atoms with van der Waals surface area (Å²) in [6.45, 7) is 1.38. The summed E-state index contributed by atoms with van der Waals surface area (Å²) in [4.78, 5) is 26.9. The highest BCUT2D eigenvalue weighted by Crippen LogP contribution is 2.17. The van der Waals surface area contributed by atoms with Crippen molar-refractivity contribution >= 4 is 23.6 Å². The van der Waals surface area contributed by atoms with Crippen LogP contribution in [0, 0.1) is 0 Å². The lowest BCUT2D eigenvalue weighted by Crippen LogP contribution is -2.46. The molecule has 28 heavy (non-hydrogen) atoms. The highest BCUT2D eigenvalue weighted by molar-refractivity contribution is 7.97. The van der Waals surface area contributed by atoms with Crippen molar-refractivity contribution in [3.63, 3.8) is 0 Å². The Kier molecular flexibility index (Phi) is 7.54. The third kappa shape index (κ3) is 5.86. The largest absolute Gasteiger partial charge is 0.353 e. The lowest BCUT2D eigenvalue weighted by molar-refractivity contribution is -0.122. The first kappa shape index (κ1) is 20.5. The van der Waals surface area contributed by atoms with Gasteiger partial charge in [0.2, 0.25) is 5.91 Å². The van der Waals surface area contributed by atoms with Crippen molar-refractivity contribution in [2.45, 2.75) is 37.5 Å². The number of aryl methyl sites for hydroxylation is 1. The van der Waals surface area contributed by atoms with Crippen LogP contribution >= 0.6 is 11.8 Å². The summed E-state index contributed by atoms with van der Waals surface area (Å²) < 4.78 is 0. The summed E-state index contributed by atoms with van der Waals surface area (Å²) in [7, 11) is 0. The van der Waals surface area contributed by atoms with E-state index in [0.29, 0.717) is 19.5 Å². The van der Waals surface area contributed by atoms with Crippen LogP contribution in [-0.4, -0.2) is 42.1 Å².